The third-order valence-electron chi connectivity index (χ3n) is 2.95. The van der Waals surface area contributed by atoms with Crippen molar-refractivity contribution in [2.24, 2.45) is 15.2 Å². The smallest absolute Gasteiger partial charge is 0.138 e. The molecule has 1 heterocycles. The number of rotatable bonds is 2. The van der Waals surface area contributed by atoms with Gasteiger partial charge in [-0.05, 0) is 12.2 Å². The molecule has 2 aromatic carbocycles. The lowest BCUT2D eigenvalue weighted by atomic mass is 10.1. The van der Waals surface area contributed by atoms with E-state index in [1.165, 1.54) is 6.34 Å². The summed E-state index contributed by atoms with van der Waals surface area (Å²) in [6, 6.07) is 20.0. The van der Waals surface area contributed by atoms with Gasteiger partial charge in [-0.25, -0.2) is 4.99 Å². The molecule has 0 aromatic heterocycles. The molecular formula is C17H13N3. The first-order valence-corrected chi connectivity index (χ1v) is 6.40. The van der Waals surface area contributed by atoms with Gasteiger partial charge in [0.15, 0.2) is 0 Å². The molecule has 0 bridgehead atoms. The predicted octanol–water partition coefficient (Wildman–Crippen LogP) is 4.56. The van der Waals surface area contributed by atoms with Gasteiger partial charge in [0.05, 0.1) is 11.4 Å². The quantitative estimate of drug-likeness (QED) is 0.758. The average Bonchev–Trinajstić information content (AvgIpc) is 2.49. The van der Waals surface area contributed by atoms with Gasteiger partial charge in [-0.15, -0.1) is 10.2 Å². The molecule has 3 nitrogen and oxygen atoms in total. The van der Waals surface area contributed by atoms with E-state index in [1.807, 2.05) is 72.8 Å². The Bertz CT molecular complexity index is 632. The van der Waals surface area contributed by atoms with E-state index < -0.39 is 0 Å². The lowest BCUT2D eigenvalue weighted by Gasteiger charge is -2.04. The van der Waals surface area contributed by atoms with Gasteiger partial charge in [0.25, 0.3) is 0 Å². The molecule has 1 aliphatic rings. The highest BCUT2D eigenvalue weighted by molar-refractivity contribution is 5.78. The van der Waals surface area contributed by atoms with Crippen LogP contribution in [0, 0.1) is 0 Å². The van der Waals surface area contributed by atoms with Gasteiger partial charge in [0.1, 0.15) is 6.34 Å². The van der Waals surface area contributed by atoms with E-state index >= 15 is 0 Å². The Balaban J connectivity index is 1.99. The van der Waals surface area contributed by atoms with E-state index in [-0.39, 0.29) is 0 Å². The van der Waals surface area contributed by atoms with Gasteiger partial charge in [0, 0.05) is 11.1 Å². The van der Waals surface area contributed by atoms with Gasteiger partial charge in [0.2, 0.25) is 0 Å². The Morgan fingerprint density at radius 1 is 0.600 bits per heavy atom. The normalized spacial score (nSPS) is 19.4. The van der Waals surface area contributed by atoms with E-state index in [4.69, 9.17) is 0 Å². The highest BCUT2D eigenvalue weighted by atomic mass is 15.1. The molecule has 0 fully saturated rings. The number of hydrogen-bond acceptors (Lipinski definition) is 3. The summed E-state index contributed by atoms with van der Waals surface area (Å²) in [7, 11) is 0. The number of allylic oxidation sites excluding steroid dienone is 2. The molecule has 3 heteroatoms. The molecule has 0 atom stereocenters. The maximum atomic E-state index is 4.31. The molecule has 96 valence electrons. The fraction of sp³-hybridized carbons (Fsp3) is 0. The van der Waals surface area contributed by atoms with Gasteiger partial charge in [-0.3, -0.25) is 0 Å². The number of benzene rings is 2. The second-order valence-corrected chi connectivity index (χ2v) is 4.30. The molecule has 0 radical (unpaired) electrons. The Morgan fingerprint density at radius 2 is 1.15 bits per heavy atom. The lowest BCUT2D eigenvalue weighted by Crippen LogP contribution is -1.85. The topological polar surface area (TPSA) is 37.1 Å². The van der Waals surface area contributed by atoms with Crippen LogP contribution in [0.2, 0.25) is 0 Å². The maximum absolute atomic E-state index is 4.31. The van der Waals surface area contributed by atoms with Crippen LogP contribution in [0.3, 0.4) is 0 Å². The highest BCUT2D eigenvalue weighted by Gasteiger charge is 2.02. The molecule has 0 saturated heterocycles. The van der Waals surface area contributed by atoms with E-state index in [0.29, 0.717) is 0 Å². The molecule has 2 aromatic rings. The van der Waals surface area contributed by atoms with Crippen molar-refractivity contribution in [1.29, 1.82) is 0 Å². The van der Waals surface area contributed by atoms with Crippen LogP contribution >= 0.6 is 0 Å². The van der Waals surface area contributed by atoms with Crippen LogP contribution in [0.5, 0.6) is 0 Å². The van der Waals surface area contributed by atoms with Gasteiger partial charge >= 0.3 is 0 Å². The highest BCUT2D eigenvalue weighted by Crippen LogP contribution is 2.21. The Kier molecular flexibility index (Phi) is 3.60. The second kappa shape index (κ2) is 5.89. The first-order chi connectivity index (χ1) is 9.93. The van der Waals surface area contributed by atoms with Crippen LogP contribution in [0.4, 0.5) is 0 Å². The molecule has 0 spiro atoms. The minimum Gasteiger partial charge on any atom is -0.234 e. The first-order valence-electron chi connectivity index (χ1n) is 6.40. The number of hydrogen-bond donors (Lipinski definition) is 0. The molecule has 1 aliphatic heterocycles. The largest absolute Gasteiger partial charge is 0.234 e. The monoisotopic (exact) mass is 259 g/mol. The average molecular weight is 259 g/mol. The third-order valence-corrected chi connectivity index (χ3v) is 2.95. The van der Waals surface area contributed by atoms with Crippen molar-refractivity contribution >= 4 is 17.7 Å². The van der Waals surface area contributed by atoms with Crippen molar-refractivity contribution in [2.75, 3.05) is 0 Å². The van der Waals surface area contributed by atoms with E-state index in [9.17, 15) is 0 Å². The summed E-state index contributed by atoms with van der Waals surface area (Å²) < 4.78 is 0. The molecule has 0 aliphatic carbocycles. The summed E-state index contributed by atoms with van der Waals surface area (Å²) in [6.45, 7) is 0. The lowest BCUT2D eigenvalue weighted by molar-refractivity contribution is 1.29. The van der Waals surface area contributed by atoms with Crippen LogP contribution in [-0.4, -0.2) is 6.34 Å². The van der Waals surface area contributed by atoms with Crippen molar-refractivity contribution < 1.29 is 0 Å². The van der Waals surface area contributed by atoms with E-state index in [0.717, 1.165) is 22.5 Å². The van der Waals surface area contributed by atoms with Gasteiger partial charge in [-0.2, -0.15) is 0 Å². The number of aliphatic imine (C=N–C) groups is 1. The van der Waals surface area contributed by atoms with Crippen molar-refractivity contribution in [3.8, 4) is 0 Å². The zero-order chi connectivity index (χ0) is 13.6. The van der Waals surface area contributed by atoms with Crippen molar-refractivity contribution in [3.05, 3.63) is 83.9 Å². The van der Waals surface area contributed by atoms with Crippen LogP contribution in [0.1, 0.15) is 11.1 Å². The predicted molar refractivity (Wildman–Crippen MR) is 82.2 cm³/mol. The van der Waals surface area contributed by atoms with Crippen LogP contribution in [0.25, 0.3) is 11.4 Å². The first kappa shape index (κ1) is 12.2. The minimum absolute atomic E-state index is 0.824. The number of azo groups is 1. The summed E-state index contributed by atoms with van der Waals surface area (Å²) in [4.78, 5) is 4.31. The molecule has 0 amide bonds. The van der Waals surface area contributed by atoms with Crippen molar-refractivity contribution in [1.82, 2.24) is 0 Å². The fourth-order valence-electron chi connectivity index (χ4n) is 1.95. The van der Waals surface area contributed by atoms with Crippen LogP contribution in [0.15, 0.2) is 88.0 Å². The summed E-state index contributed by atoms with van der Waals surface area (Å²) in [5.41, 5.74) is 3.79. The molecule has 3 rings (SSSR count). The fourth-order valence-corrected chi connectivity index (χ4v) is 1.95. The SMILES string of the molecule is C1=N/C(c2ccccc2)=C\C=C(\c2ccccc2)N=N1. The summed E-state index contributed by atoms with van der Waals surface area (Å²) in [5, 5.41) is 8.16. The molecular weight excluding hydrogens is 246 g/mol. The van der Waals surface area contributed by atoms with Crippen molar-refractivity contribution in [2.45, 2.75) is 0 Å². The summed E-state index contributed by atoms with van der Waals surface area (Å²) in [6.07, 6.45) is 5.39. The number of nitrogens with zero attached hydrogens (tertiary/aromatic N) is 3. The van der Waals surface area contributed by atoms with Crippen LogP contribution in [-0.2, 0) is 0 Å². The Labute approximate surface area is 117 Å². The Hall–Kier alpha value is -2.81. The molecule has 0 unspecified atom stereocenters. The van der Waals surface area contributed by atoms with E-state index in [2.05, 4.69) is 15.2 Å². The second-order valence-electron chi connectivity index (χ2n) is 4.30. The van der Waals surface area contributed by atoms with Gasteiger partial charge in [-0.1, -0.05) is 60.7 Å². The Morgan fingerprint density at radius 3 is 1.80 bits per heavy atom. The minimum atomic E-state index is 0.824. The molecule has 20 heavy (non-hydrogen) atoms. The molecule has 0 N–H and O–H groups in total. The standard InChI is InChI=1S/C17H13N3/c1-3-7-14(8-4-1)16-11-12-17(20-19-13-18-16)15-9-5-2-6-10-15/h1-13H/b12-11?,16-11-,17-12-,18-13?,18-16?,19-13?,20-17?,20-19?. The van der Waals surface area contributed by atoms with Crippen LogP contribution < -0.4 is 0 Å². The van der Waals surface area contributed by atoms with Crippen molar-refractivity contribution in [3.63, 3.8) is 0 Å². The maximum Gasteiger partial charge on any atom is 0.138 e. The summed E-state index contributed by atoms with van der Waals surface area (Å²) >= 11 is 0. The van der Waals surface area contributed by atoms with Gasteiger partial charge < -0.3 is 0 Å². The zero-order valence-corrected chi connectivity index (χ0v) is 10.8. The zero-order valence-electron chi connectivity index (χ0n) is 10.8. The van der Waals surface area contributed by atoms with E-state index in [1.54, 1.807) is 0 Å². The summed E-state index contributed by atoms with van der Waals surface area (Å²) in [5.74, 6) is 0. The molecule has 0 saturated carbocycles. The third kappa shape index (κ3) is 2.78.